The van der Waals surface area contributed by atoms with Crippen molar-refractivity contribution in [3.8, 4) is 5.88 Å². The van der Waals surface area contributed by atoms with E-state index in [0.717, 1.165) is 5.56 Å². The Morgan fingerprint density at radius 1 is 1.62 bits per heavy atom. The molecule has 0 saturated heterocycles. The first kappa shape index (κ1) is 10.4. The molecule has 0 unspecified atom stereocenters. The Morgan fingerprint density at radius 2 is 2.31 bits per heavy atom. The second-order valence-corrected chi connectivity index (χ2v) is 3.37. The molecule has 0 aliphatic carbocycles. The van der Waals surface area contributed by atoms with Crippen LogP contribution in [0.2, 0.25) is 0 Å². The number of aromatic nitrogens is 1. The van der Waals surface area contributed by atoms with Crippen molar-refractivity contribution in [1.29, 1.82) is 0 Å². The molecule has 0 aromatic carbocycles. The van der Waals surface area contributed by atoms with E-state index in [9.17, 15) is 0 Å². The monoisotopic (exact) mass is 247 g/mol. The molecule has 13 heavy (non-hydrogen) atoms. The number of hydrogen-bond donors (Lipinski definition) is 2. The minimum atomic E-state index is -1.35. The molecule has 1 heterocycles. The van der Waals surface area contributed by atoms with Crippen molar-refractivity contribution < 1.29 is 14.9 Å². The number of hydrogen-bond acceptors (Lipinski definition) is 4. The molecular formula is C8H10BrNO3. The summed E-state index contributed by atoms with van der Waals surface area (Å²) >= 11 is 3.25. The van der Waals surface area contributed by atoms with E-state index in [1.54, 1.807) is 12.3 Å². The Kier molecular flexibility index (Phi) is 3.65. The maximum absolute atomic E-state index is 8.70. The van der Waals surface area contributed by atoms with Gasteiger partial charge in [-0.05, 0) is 27.6 Å². The Balaban J connectivity index is 2.83. The summed E-state index contributed by atoms with van der Waals surface area (Å²) in [4.78, 5) is 3.96. The largest absolute Gasteiger partial charge is 0.480 e. The summed E-state index contributed by atoms with van der Waals surface area (Å²) in [6.07, 6.45) is 0.362. The first-order valence-electron chi connectivity index (χ1n) is 3.68. The molecule has 0 spiro atoms. The van der Waals surface area contributed by atoms with E-state index in [0.29, 0.717) is 10.4 Å². The summed E-state index contributed by atoms with van der Waals surface area (Å²) in [7, 11) is 1.52. The molecule has 0 bridgehead atoms. The minimum Gasteiger partial charge on any atom is -0.480 e. The lowest BCUT2D eigenvalue weighted by Gasteiger charge is -2.05. The lowest BCUT2D eigenvalue weighted by atomic mass is 10.2. The molecule has 0 fully saturated rings. The minimum absolute atomic E-state index is 0.162. The molecule has 72 valence electrons. The molecule has 1 aromatic heterocycles. The van der Waals surface area contributed by atoms with E-state index in [-0.39, 0.29) is 6.42 Å². The van der Waals surface area contributed by atoms with E-state index >= 15 is 0 Å². The highest BCUT2D eigenvalue weighted by Gasteiger charge is 2.05. The number of aliphatic hydroxyl groups is 2. The Bertz CT molecular complexity index is 291. The normalized spacial score (nSPS) is 10.5. The van der Waals surface area contributed by atoms with Gasteiger partial charge in [0.25, 0.3) is 0 Å². The predicted molar refractivity (Wildman–Crippen MR) is 50.4 cm³/mol. The van der Waals surface area contributed by atoms with Crippen LogP contribution in [0, 0.1) is 0 Å². The molecule has 5 heteroatoms. The van der Waals surface area contributed by atoms with Gasteiger partial charge in [0.05, 0.1) is 11.6 Å². The highest BCUT2D eigenvalue weighted by molar-refractivity contribution is 9.10. The van der Waals surface area contributed by atoms with Gasteiger partial charge in [-0.1, -0.05) is 0 Å². The van der Waals surface area contributed by atoms with Crippen LogP contribution in [0.1, 0.15) is 5.56 Å². The average molecular weight is 248 g/mol. The average Bonchev–Trinajstić information content (AvgIpc) is 2.03. The molecule has 1 rings (SSSR count). The first-order chi connectivity index (χ1) is 6.13. The van der Waals surface area contributed by atoms with Gasteiger partial charge in [0.15, 0.2) is 6.29 Å². The molecule has 0 saturated carbocycles. The van der Waals surface area contributed by atoms with E-state index in [1.165, 1.54) is 7.11 Å². The molecule has 0 aliphatic heterocycles. The van der Waals surface area contributed by atoms with Crippen molar-refractivity contribution in [2.75, 3.05) is 7.11 Å². The third-order valence-electron chi connectivity index (χ3n) is 1.48. The smallest absolute Gasteiger partial charge is 0.227 e. The number of halogens is 1. The number of ether oxygens (including phenoxy) is 1. The maximum Gasteiger partial charge on any atom is 0.227 e. The van der Waals surface area contributed by atoms with Crippen LogP contribution in [0.3, 0.4) is 0 Å². The van der Waals surface area contributed by atoms with Crippen LogP contribution in [0.4, 0.5) is 0 Å². The van der Waals surface area contributed by atoms with E-state index in [2.05, 4.69) is 20.9 Å². The molecular weight excluding hydrogens is 238 g/mol. The van der Waals surface area contributed by atoms with Crippen LogP contribution in [0.5, 0.6) is 5.88 Å². The second kappa shape index (κ2) is 4.55. The van der Waals surface area contributed by atoms with Crippen LogP contribution < -0.4 is 4.74 Å². The van der Waals surface area contributed by atoms with E-state index in [1.807, 2.05) is 0 Å². The Labute approximate surface area is 84.3 Å². The summed E-state index contributed by atoms with van der Waals surface area (Å²) in [5, 5.41) is 17.4. The Morgan fingerprint density at radius 3 is 2.77 bits per heavy atom. The van der Waals surface area contributed by atoms with Gasteiger partial charge in [-0.3, -0.25) is 0 Å². The fourth-order valence-corrected chi connectivity index (χ4v) is 1.50. The number of methoxy groups -OCH3 is 1. The van der Waals surface area contributed by atoms with Crippen LogP contribution in [0.15, 0.2) is 16.7 Å². The Hall–Kier alpha value is -0.650. The lowest BCUT2D eigenvalue weighted by molar-refractivity contribution is -0.0382. The summed E-state index contributed by atoms with van der Waals surface area (Å²) in [5.41, 5.74) is 0.739. The number of rotatable bonds is 3. The van der Waals surface area contributed by atoms with Gasteiger partial charge in [-0.25, -0.2) is 4.98 Å². The van der Waals surface area contributed by atoms with Gasteiger partial charge in [0.2, 0.25) is 5.88 Å². The highest BCUT2D eigenvalue weighted by atomic mass is 79.9. The van der Waals surface area contributed by atoms with Crippen molar-refractivity contribution in [2.45, 2.75) is 12.7 Å². The first-order valence-corrected chi connectivity index (χ1v) is 4.47. The molecule has 0 radical (unpaired) electrons. The third kappa shape index (κ3) is 2.95. The molecule has 0 amide bonds. The number of nitrogens with zero attached hydrogens (tertiary/aromatic N) is 1. The van der Waals surface area contributed by atoms with Gasteiger partial charge >= 0.3 is 0 Å². The summed E-state index contributed by atoms with van der Waals surface area (Å²) in [5.74, 6) is 0.483. The topological polar surface area (TPSA) is 62.6 Å². The standard InChI is InChI=1S/C8H10BrNO3/c1-13-8-6(9)2-5(4-10-8)3-7(11)12/h2,4,7,11-12H,3H2,1H3. The van der Waals surface area contributed by atoms with E-state index in [4.69, 9.17) is 14.9 Å². The van der Waals surface area contributed by atoms with Crippen molar-refractivity contribution in [2.24, 2.45) is 0 Å². The maximum atomic E-state index is 8.70. The second-order valence-electron chi connectivity index (χ2n) is 2.52. The summed E-state index contributed by atoms with van der Waals surface area (Å²) in [6, 6.07) is 1.74. The molecule has 1 aromatic rings. The fourth-order valence-electron chi connectivity index (χ4n) is 0.938. The van der Waals surface area contributed by atoms with Gasteiger partial charge in [0, 0.05) is 12.6 Å². The van der Waals surface area contributed by atoms with Crippen LogP contribution >= 0.6 is 15.9 Å². The fraction of sp³-hybridized carbons (Fsp3) is 0.375. The predicted octanol–water partition coefficient (Wildman–Crippen LogP) is 0.706. The van der Waals surface area contributed by atoms with Gasteiger partial charge in [-0.15, -0.1) is 0 Å². The lowest BCUT2D eigenvalue weighted by Crippen LogP contribution is -2.08. The number of aliphatic hydroxyl groups excluding tert-OH is 1. The van der Waals surface area contributed by atoms with Gasteiger partial charge < -0.3 is 14.9 Å². The van der Waals surface area contributed by atoms with Gasteiger partial charge in [-0.2, -0.15) is 0 Å². The SMILES string of the molecule is COc1ncc(CC(O)O)cc1Br. The quantitative estimate of drug-likeness (QED) is 0.773. The zero-order valence-corrected chi connectivity index (χ0v) is 8.65. The van der Waals surface area contributed by atoms with Gasteiger partial charge in [0.1, 0.15) is 0 Å². The van der Waals surface area contributed by atoms with Crippen molar-refractivity contribution in [1.82, 2.24) is 4.98 Å². The molecule has 0 aliphatic rings. The summed E-state index contributed by atoms with van der Waals surface area (Å²) in [6.45, 7) is 0. The van der Waals surface area contributed by atoms with Crippen molar-refractivity contribution >= 4 is 15.9 Å². The third-order valence-corrected chi connectivity index (χ3v) is 2.04. The van der Waals surface area contributed by atoms with E-state index < -0.39 is 6.29 Å². The molecule has 0 atom stereocenters. The zero-order valence-electron chi connectivity index (χ0n) is 7.07. The zero-order chi connectivity index (χ0) is 9.84. The molecule has 2 N–H and O–H groups in total. The van der Waals surface area contributed by atoms with Crippen LogP contribution in [0.25, 0.3) is 0 Å². The summed E-state index contributed by atoms with van der Waals surface area (Å²) < 4.78 is 5.62. The van der Waals surface area contributed by atoms with Crippen molar-refractivity contribution in [3.05, 3.63) is 22.3 Å². The number of pyridine rings is 1. The highest BCUT2D eigenvalue weighted by Crippen LogP contribution is 2.22. The molecule has 4 nitrogen and oxygen atoms in total. The van der Waals surface area contributed by atoms with Crippen LogP contribution in [-0.2, 0) is 6.42 Å². The van der Waals surface area contributed by atoms with Crippen molar-refractivity contribution in [3.63, 3.8) is 0 Å². The van der Waals surface area contributed by atoms with Crippen LogP contribution in [-0.4, -0.2) is 28.6 Å².